The second-order valence-corrected chi connectivity index (χ2v) is 13.2. The van der Waals surface area contributed by atoms with Crippen LogP contribution < -0.4 is 0 Å². The highest BCUT2D eigenvalue weighted by Crippen LogP contribution is 2.41. The van der Waals surface area contributed by atoms with Crippen molar-refractivity contribution >= 4 is 38.8 Å². The molecule has 0 N–H and O–H groups in total. The molecular formula is C46H29N5. The third-order valence-electron chi connectivity index (χ3n) is 10.2. The lowest BCUT2D eigenvalue weighted by atomic mass is 9.93. The predicted octanol–water partition coefficient (Wildman–Crippen LogP) is 10.9. The molecular weight excluding hydrogens is 623 g/mol. The quantitative estimate of drug-likeness (QED) is 0.190. The summed E-state index contributed by atoms with van der Waals surface area (Å²) in [6.07, 6.45) is 5.45. The minimum absolute atomic E-state index is 0.408. The van der Waals surface area contributed by atoms with E-state index >= 15 is 0 Å². The summed E-state index contributed by atoms with van der Waals surface area (Å²) in [5.74, 6) is 0.408. The zero-order chi connectivity index (χ0) is 34.6. The fourth-order valence-corrected chi connectivity index (χ4v) is 7.91. The number of allylic oxidation sites excluding steroid dienone is 1. The number of hydrogen-bond acceptors (Lipinski definition) is 3. The molecule has 0 fully saturated rings. The minimum atomic E-state index is 0.408. The van der Waals surface area contributed by atoms with Crippen LogP contribution in [0, 0.1) is 39.9 Å². The predicted molar refractivity (Wildman–Crippen MR) is 205 cm³/mol. The monoisotopic (exact) mass is 651 g/mol. The summed E-state index contributed by atoms with van der Waals surface area (Å²) in [5.41, 5.74) is 12.9. The Kier molecular flexibility index (Phi) is 6.92. The lowest BCUT2D eigenvalue weighted by Gasteiger charge is -2.20. The Morgan fingerprint density at radius 3 is 2.14 bits per heavy atom. The normalized spacial score (nSPS) is 13.6. The Bertz CT molecular complexity index is 2900. The fourth-order valence-electron chi connectivity index (χ4n) is 7.91. The minimum Gasteiger partial charge on any atom is -0.312 e. The molecule has 2 aromatic heterocycles. The third kappa shape index (κ3) is 4.67. The van der Waals surface area contributed by atoms with E-state index in [0.29, 0.717) is 22.6 Å². The molecule has 5 heteroatoms. The first-order valence-electron chi connectivity index (χ1n) is 17.0. The Morgan fingerprint density at radius 1 is 0.588 bits per heavy atom. The average Bonchev–Trinajstić information content (AvgIpc) is 3.69. The largest absolute Gasteiger partial charge is 0.312 e. The second kappa shape index (κ2) is 11.8. The van der Waals surface area contributed by atoms with E-state index in [1.807, 2.05) is 54.6 Å². The van der Waals surface area contributed by atoms with Crippen molar-refractivity contribution in [3.63, 3.8) is 0 Å². The number of hydrogen-bond donors (Lipinski definition) is 0. The Hall–Kier alpha value is -7.13. The third-order valence-corrected chi connectivity index (χ3v) is 10.2. The molecule has 1 atom stereocenters. The first-order chi connectivity index (χ1) is 25.1. The van der Waals surface area contributed by atoms with Gasteiger partial charge in [-0.05, 0) is 89.7 Å². The van der Waals surface area contributed by atoms with Gasteiger partial charge in [-0.15, -0.1) is 0 Å². The maximum absolute atomic E-state index is 10.5. The average molecular weight is 652 g/mol. The first-order valence-corrected chi connectivity index (χ1v) is 17.0. The molecule has 8 aromatic rings. The second-order valence-electron chi connectivity index (χ2n) is 13.2. The summed E-state index contributed by atoms with van der Waals surface area (Å²) in [7, 11) is 0. The van der Waals surface area contributed by atoms with E-state index in [1.165, 1.54) is 16.6 Å². The van der Waals surface area contributed by atoms with Crippen molar-refractivity contribution in [2.45, 2.75) is 13.3 Å². The summed E-state index contributed by atoms with van der Waals surface area (Å²) in [5, 5.41) is 33.3. The molecule has 0 saturated carbocycles. The van der Waals surface area contributed by atoms with Crippen LogP contribution in [0.5, 0.6) is 0 Å². The molecule has 5 nitrogen and oxygen atoms in total. The number of aromatic nitrogens is 2. The number of fused-ring (bicyclic) bond motifs is 6. The lowest BCUT2D eigenvalue weighted by Crippen LogP contribution is -2.09. The van der Waals surface area contributed by atoms with Gasteiger partial charge in [0.15, 0.2) is 0 Å². The van der Waals surface area contributed by atoms with Crippen LogP contribution in [0.2, 0.25) is 0 Å². The van der Waals surface area contributed by atoms with E-state index in [0.717, 1.165) is 67.4 Å². The van der Waals surface area contributed by atoms with E-state index in [9.17, 15) is 15.8 Å². The van der Waals surface area contributed by atoms with Crippen LogP contribution in [-0.4, -0.2) is 9.13 Å². The molecule has 0 bridgehead atoms. The van der Waals surface area contributed by atoms with E-state index in [1.54, 1.807) is 0 Å². The molecule has 1 aliphatic carbocycles. The molecule has 0 amide bonds. The fraction of sp³-hybridized carbons (Fsp3) is 0.0652. The highest BCUT2D eigenvalue weighted by Gasteiger charge is 2.24. The Balaban J connectivity index is 1.23. The molecule has 238 valence electrons. The van der Waals surface area contributed by atoms with Crippen molar-refractivity contribution in [3.05, 3.63) is 161 Å². The van der Waals surface area contributed by atoms with E-state index in [-0.39, 0.29) is 0 Å². The number of para-hydroxylation sites is 2. The van der Waals surface area contributed by atoms with Crippen molar-refractivity contribution in [1.82, 2.24) is 9.13 Å². The Labute approximate surface area is 295 Å². The van der Waals surface area contributed by atoms with Crippen LogP contribution >= 0.6 is 0 Å². The van der Waals surface area contributed by atoms with Crippen molar-refractivity contribution in [1.29, 1.82) is 15.8 Å². The van der Waals surface area contributed by atoms with Crippen LogP contribution in [-0.2, 0) is 6.42 Å². The zero-order valence-corrected chi connectivity index (χ0v) is 27.8. The molecule has 6 aromatic carbocycles. The van der Waals surface area contributed by atoms with E-state index in [2.05, 4.69) is 119 Å². The van der Waals surface area contributed by atoms with Crippen LogP contribution in [0.4, 0.5) is 0 Å². The van der Waals surface area contributed by atoms with Crippen LogP contribution in [0.25, 0.3) is 72.4 Å². The zero-order valence-electron chi connectivity index (χ0n) is 27.8. The van der Waals surface area contributed by atoms with Gasteiger partial charge < -0.3 is 9.13 Å². The summed E-state index contributed by atoms with van der Waals surface area (Å²) >= 11 is 0. The standard InChI is InChI=1S/C46H29N5/c1-29-18-20-38-37-14-2-3-16-41(37)51(44(38)22-29)43-17-7-11-34(27-48)45(43)33-10-4-8-31(24-33)32-9-5-13-36(25-32)50-42-21-19-30(26-47)23-40(42)39-15-6-12-35(28-49)46(39)50/h2-21,23-25,29H,22H2,1H3. The molecule has 0 aliphatic heterocycles. The van der Waals surface area contributed by atoms with Crippen molar-refractivity contribution < 1.29 is 0 Å². The van der Waals surface area contributed by atoms with Crippen LogP contribution in [0.3, 0.4) is 0 Å². The molecule has 1 unspecified atom stereocenters. The van der Waals surface area contributed by atoms with E-state index < -0.39 is 0 Å². The summed E-state index contributed by atoms with van der Waals surface area (Å²) in [4.78, 5) is 0. The molecule has 1 aliphatic rings. The van der Waals surface area contributed by atoms with Crippen molar-refractivity contribution in [3.8, 4) is 51.8 Å². The highest BCUT2D eigenvalue weighted by molar-refractivity contribution is 6.11. The number of benzene rings is 6. The SMILES string of the molecule is CC1C=Cc2c(n(-c3cccc(C#N)c3-c3cccc(-c4cccc(-n5c6ccc(C#N)cc6c6cccc(C#N)c65)c4)c3)c3ccccc23)C1. The number of nitriles is 3. The molecule has 51 heavy (non-hydrogen) atoms. The van der Waals surface area contributed by atoms with Gasteiger partial charge >= 0.3 is 0 Å². The van der Waals surface area contributed by atoms with Crippen LogP contribution in [0.15, 0.2) is 133 Å². The maximum Gasteiger partial charge on any atom is 0.101 e. The van der Waals surface area contributed by atoms with Gasteiger partial charge in [0.1, 0.15) is 6.07 Å². The highest BCUT2D eigenvalue weighted by atomic mass is 15.0. The number of nitrogens with zero attached hydrogens (tertiary/aromatic N) is 5. The molecule has 0 saturated heterocycles. The van der Waals surface area contributed by atoms with E-state index in [4.69, 9.17) is 0 Å². The number of rotatable bonds is 4. The molecule has 0 spiro atoms. The van der Waals surface area contributed by atoms with Gasteiger partial charge in [0.2, 0.25) is 0 Å². The van der Waals surface area contributed by atoms with Gasteiger partial charge in [0, 0.05) is 38.7 Å². The van der Waals surface area contributed by atoms with Gasteiger partial charge in [-0.1, -0.05) is 85.8 Å². The summed E-state index contributed by atoms with van der Waals surface area (Å²) < 4.78 is 4.48. The van der Waals surface area contributed by atoms with Crippen molar-refractivity contribution in [2.24, 2.45) is 5.92 Å². The topological polar surface area (TPSA) is 81.2 Å². The smallest absolute Gasteiger partial charge is 0.101 e. The Morgan fingerprint density at radius 2 is 1.29 bits per heavy atom. The van der Waals surface area contributed by atoms with Gasteiger partial charge in [-0.25, -0.2) is 0 Å². The van der Waals surface area contributed by atoms with Crippen LogP contribution in [0.1, 0.15) is 34.9 Å². The summed E-state index contributed by atoms with van der Waals surface area (Å²) in [6, 6.07) is 49.8. The molecule has 0 radical (unpaired) electrons. The van der Waals surface area contributed by atoms with Gasteiger partial charge in [-0.3, -0.25) is 0 Å². The first kappa shape index (κ1) is 30.0. The van der Waals surface area contributed by atoms with Gasteiger partial charge in [0.05, 0.1) is 51.1 Å². The molecule has 9 rings (SSSR count). The maximum atomic E-state index is 10.5. The lowest BCUT2D eigenvalue weighted by molar-refractivity contribution is 0.691. The summed E-state index contributed by atoms with van der Waals surface area (Å²) in [6.45, 7) is 2.25. The van der Waals surface area contributed by atoms with Gasteiger partial charge in [-0.2, -0.15) is 15.8 Å². The molecule has 2 heterocycles. The van der Waals surface area contributed by atoms with Gasteiger partial charge in [0.25, 0.3) is 0 Å². The van der Waals surface area contributed by atoms with Crippen molar-refractivity contribution in [2.75, 3.05) is 0 Å².